The zero-order chi connectivity index (χ0) is 27.8. The Morgan fingerprint density at radius 2 is 1.57 bits per heavy atom. The van der Waals surface area contributed by atoms with Gasteiger partial charge in [-0.15, -0.1) is 0 Å². The van der Waals surface area contributed by atoms with Crippen LogP contribution in [0.15, 0.2) is 30.3 Å². The Bertz CT molecular complexity index is 892. The molecular formula is C27H39NO9. The highest BCUT2D eigenvalue weighted by Crippen LogP contribution is 2.25. The molecule has 1 aliphatic heterocycles. The van der Waals surface area contributed by atoms with Gasteiger partial charge in [0.1, 0.15) is 36.3 Å². The van der Waals surface area contributed by atoms with Crippen LogP contribution in [0.5, 0.6) is 0 Å². The molecule has 10 heteroatoms. The third-order valence-corrected chi connectivity index (χ3v) is 5.30. The van der Waals surface area contributed by atoms with E-state index in [2.05, 4.69) is 0 Å². The quantitative estimate of drug-likeness (QED) is 0.312. The second-order valence-electron chi connectivity index (χ2n) is 10.9. The fourth-order valence-electron chi connectivity index (χ4n) is 3.85. The van der Waals surface area contributed by atoms with Crippen LogP contribution in [0.3, 0.4) is 0 Å². The molecule has 1 saturated heterocycles. The number of ether oxygens (including phenoxy) is 5. The Morgan fingerprint density at radius 3 is 2.08 bits per heavy atom. The molecule has 1 aromatic carbocycles. The smallest absolute Gasteiger partial charge is 0.420 e. The largest absolute Gasteiger partial charge is 0.458 e. The van der Waals surface area contributed by atoms with Gasteiger partial charge in [-0.1, -0.05) is 30.3 Å². The highest BCUT2D eigenvalue weighted by molar-refractivity contribution is 5.94. The van der Waals surface area contributed by atoms with Crippen LogP contribution in [0.2, 0.25) is 0 Å². The molecule has 0 aliphatic carbocycles. The van der Waals surface area contributed by atoms with Gasteiger partial charge in [-0.3, -0.25) is 0 Å². The van der Waals surface area contributed by atoms with Crippen molar-refractivity contribution >= 4 is 24.4 Å². The van der Waals surface area contributed by atoms with Crippen molar-refractivity contribution in [1.82, 2.24) is 4.90 Å². The monoisotopic (exact) mass is 521 g/mol. The summed E-state index contributed by atoms with van der Waals surface area (Å²) in [6.45, 7) is 11.1. The van der Waals surface area contributed by atoms with E-state index in [1.54, 1.807) is 48.5 Å². The maximum Gasteiger partial charge on any atom is 0.420 e. The summed E-state index contributed by atoms with van der Waals surface area (Å²) in [6.07, 6.45) is -2.47. The van der Waals surface area contributed by atoms with Crippen LogP contribution in [0.25, 0.3) is 0 Å². The van der Waals surface area contributed by atoms with Crippen molar-refractivity contribution in [3.05, 3.63) is 35.9 Å². The van der Waals surface area contributed by atoms with Gasteiger partial charge in [0.25, 0.3) is 0 Å². The molecule has 4 atom stereocenters. The van der Waals surface area contributed by atoms with Gasteiger partial charge in [0, 0.05) is 5.92 Å². The van der Waals surface area contributed by atoms with Crippen LogP contribution in [-0.4, -0.2) is 78.6 Å². The van der Waals surface area contributed by atoms with Gasteiger partial charge in [0.15, 0.2) is 6.04 Å². The lowest BCUT2D eigenvalue weighted by atomic mass is 9.91. The van der Waals surface area contributed by atoms with E-state index in [0.717, 1.165) is 5.56 Å². The van der Waals surface area contributed by atoms with Crippen LogP contribution in [0.4, 0.5) is 9.59 Å². The lowest BCUT2D eigenvalue weighted by Gasteiger charge is -2.32. The number of aldehydes is 1. The molecule has 10 nitrogen and oxygen atoms in total. The zero-order valence-corrected chi connectivity index (χ0v) is 22.7. The summed E-state index contributed by atoms with van der Waals surface area (Å²) < 4.78 is 28.2. The summed E-state index contributed by atoms with van der Waals surface area (Å²) in [5, 5.41) is 0. The van der Waals surface area contributed by atoms with Gasteiger partial charge in [0.05, 0.1) is 13.2 Å². The van der Waals surface area contributed by atoms with Crippen LogP contribution in [0, 0.1) is 5.92 Å². The lowest BCUT2D eigenvalue weighted by molar-refractivity contribution is -0.163. The van der Waals surface area contributed by atoms with E-state index in [9.17, 15) is 19.2 Å². The summed E-state index contributed by atoms with van der Waals surface area (Å²) in [5.41, 5.74) is -0.875. The van der Waals surface area contributed by atoms with Crippen LogP contribution in [0.1, 0.15) is 54.0 Å². The van der Waals surface area contributed by atoms with Crippen LogP contribution < -0.4 is 0 Å². The van der Waals surface area contributed by atoms with Gasteiger partial charge >= 0.3 is 18.2 Å². The number of hydrogen-bond acceptors (Lipinski definition) is 9. The Morgan fingerprint density at radius 1 is 1.00 bits per heavy atom. The summed E-state index contributed by atoms with van der Waals surface area (Å²) in [7, 11) is 0. The summed E-state index contributed by atoms with van der Waals surface area (Å²) in [4.78, 5) is 51.1. The molecule has 1 fully saturated rings. The molecule has 0 N–H and O–H groups in total. The van der Waals surface area contributed by atoms with E-state index < -0.39 is 47.6 Å². The molecule has 0 spiro atoms. The average Bonchev–Trinajstić information content (AvgIpc) is 2.80. The number of nitrogens with zero attached hydrogens (tertiary/aromatic N) is 1. The van der Waals surface area contributed by atoms with Crippen molar-refractivity contribution in [2.75, 3.05) is 19.8 Å². The fraction of sp³-hybridized carbons (Fsp3) is 0.630. The van der Waals surface area contributed by atoms with Gasteiger partial charge in [0.2, 0.25) is 0 Å². The molecule has 0 saturated carbocycles. The van der Waals surface area contributed by atoms with Crippen molar-refractivity contribution in [3.8, 4) is 0 Å². The van der Waals surface area contributed by atoms with Gasteiger partial charge < -0.3 is 28.5 Å². The first-order chi connectivity index (χ1) is 17.2. The number of imide groups is 1. The fourth-order valence-corrected chi connectivity index (χ4v) is 3.85. The molecule has 1 aliphatic rings. The number of cyclic esters (lactones) is 1. The number of carbonyl (C=O) groups excluding carboxylic acids is 4. The topological polar surface area (TPSA) is 118 Å². The maximum absolute atomic E-state index is 13.3. The van der Waals surface area contributed by atoms with Crippen LogP contribution >= 0.6 is 0 Å². The number of carbonyl (C=O) groups is 4. The van der Waals surface area contributed by atoms with E-state index >= 15 is 0 Å². The molecule has 2 amide bonds. The number of hydrogen-bond donors (Lipinski definition) is 0. The predicted molar refractivity (Wildman–Crippen MR) is 134 cm³/mol. The molecule has 37 heavy (non-hydrogen) atoms. The number of amides is 2. The molecule has 0 bridgehead atoms. The van der Waals surface area contributed by atoms with E-state index in [-0.39, 0.29) is 25.7 Å². The second kappa shape index (κ2) is 13.0. The molecular weight excluding hydrogens is 482 g/mol. The van der Waals surface area contributed by atoms with Gasteiger partial charge in [-0.05, 0) is 60.5 Å². The SMILES string of the molecule is C[C@@H]1OC(=O)[C@@H](N(C(=O)OC(C)(C)C)C(=O)OC(C)(C)C)COC[C@H](Cc2ccccc2)C1OCC=O. The standard InChI is InChI=1S/C27H39NO9/c1-18-22(34-14-13-29)20(15-19-11-9-8-10-12-19)16-33-17-21(23(30)35-18)28(24(31)36-26(2,3)4)25(32)37-27(5,6)7/h8-13,18,20-22H,14-17H2,1-7H3/t18-,20-,21-,22?/m0/s1. The highest BCUT2D eigenvalue weighted by Gasteiger charge is 2.44. The molecule has 1 unspecified atom stereocenters. The van der Waals surface area contributed by atoms with Gasteiger partial charge in [-0.25, -0.2) is 14.4 Å². The number of esters is 1. The molecule has 0 aromatic heterocycles. The van der Waals surface area contributed by atoms with Crippen LogP contribution in [-0.2, 0) is 39.7 Å². The second-order valence-corrected chi connectivity index (χ2v) is 10.9. The van der Waals surface area contributed by atoms with E-state index in [0.29, 0.717) is 17.6 Å². The molecule has 2 rings (SSSR count). The Hall–Kier alpha value is -2.98. The molecule has 0 radical (unpaired) electrons. The third kappa shape index (κ3) is 9.77. The predicted octanol–water partition coefficient (Wildman–Crippen LogP) is 3.93. The minimum Gasteiger partial charge on any atom is -0.458 e. The van der Waals surface area contributed by atoms with Crippen molar-refractivity contribution in [3.63, 3.8) is 0 Å². The molecule has 1 aromatic rings. The van der Waals surface area contributed by atoms with E-state index in [1.807, 2.05) is 30.3 Å². The van der Waals surface area contributed by atoms with Gasteiger partial charge in [-0.2, -0.15) is 4.90 Å². The first-order valence-corrected chi connectivity index (χ1v) is 12.3. The normalized spacial score (nSPS) is 23.1. The third-order valence-electron chi connectivity index (χ3n) is 5.30. The highest BCUT2D eigenvalue weighted by atomic mass is 16.6. The van der Waals surface area contributed by atoms with Crippen molar-refractivity contribution in [1.29, 1.82) is 0 Å². The summed E-state index contributed by atoms with van der Waals surface area (Å²) in [5.74, 6) is -1.18. The number of rotatable bonds is 6. The van der Waals surface area contributed by atoms with Crippen molar-refractivity contribution < 1.29 is 42.9 Å². The first-order valence-electron chi connectivity index (χ1n) is 12.3. The minimum absolute atomic E-state index is 0.117. The minimum atomic E-state index is -1.46. The molecule has 1 heterocycles. The summed E-state index contributed by atoms with van der Waals surface area (Å²) >= 11 is 0. The number of benzene rings is 1. The molecule has 206 valence electrons. The Balaban J connectivity index is 2.39. The van der Waals surface area contributed by atoms with E-state index in [1.165, 1.54) is 0 Å². The first kappa shape index (κ1) is 30.2. The Labute approximate surface area is 218 Å². The van der Waals surface area contributed by atoms with Crippen molar-refractivity contribution in [2.45, 2.75) is 84.3 Å². The zero-order valence-electron chi connectivity index (χ0n) is 22.7. The summed E-state index contributed by atoms with van der Waals surface area (Å²) in [6, 6.07) is 8.16. The maximum atomic E-state index is 13.3. The Kier molecular flexibility index (Phi) is 10.6. The average molecular weight is 522 g/mol. The van der Waals surface area contributed by atoms with Crippen molar-refractivity contribution in [2.24, 2.45) is 5.92 Å². The van der Waals surface area contributed by atoms with E-state index in [4.69, 9.17) is 23.7 Å². The lowest BCUT2D eigenvalue weighted by Crippen LogP contribution is -2.54.